The average molecular weight is 684 g/mol. The molecule has 5 rings (SSSR count). The number of carbonyl (C=O) groups excluding carboxylic acids is 4. The number of benzene rings is 3. The molecule has 0 spiro atoms. The quantitative estimate of drug-likeness (QED) is 0.313. The molecule has 0 aliphatic carbocycles. The second-order valence-electron chi connectivity index (χ2n) is 15.0. The number of hydrogen-bond donors (Lipinski definition) is 2. The maximum absolute atomic E-state index is 14.6. The monoisotopic (exact) mass is 683 g/mol. The van der Waals surface area contributed by atoms with E-state index in [-0.39, 0.29) is 36.5 Å². The van der Waals surface area contributed by atoms with Gasteiger partial charge >= 0.3 is 12.1 Å². The molecule has 0 bridgehead atoms. The molecule has 268 valence electrons. The first kappa shape index (κ1) is 36.7. The summed E-state index contributed by atoms with van der Waals surface area (Å²) in [7, 11) is 0. The van der Waals surface area contributed by atoms with E-state index >= 15 is 0 Å². The summed E-state index contributed by atoms with van der Waals surface area (Å²) in [6.07, 6.45) is 1.74. The molecule has 0 saturated carbocycles. The summed E-state index contributed by atoms with van der Waals surface area (Å²) >= 11 is 0. The van der Waals surface area contributed by atoms with Crippen molar-refractivity contribution >= 4 is 34.7 Å². The highest BCUT2D eigenvalue weighted by Gasteiger charge is 2.45. The fourth-order valence-corrected chi connectivity index (χ4v) is 7.49. The van der Waals surface area contributed by atoms with Crippen molar-refractivity contribution in [1.82, 2.24) is 25.3 Å². The van der Waals surface area contributed by atoms with Crippen LogP contribution in [0.25, 0.3) is 10.8 Å². The maximum atomic E-state index is 14.6. The van der Waals surface area contributed by atoms with Gasteiger partial charge in [-0.05, 0) is 82.7 Å². The van der Waals surface area contributed by atoms with E-state index in [1.165, 1.54) is 0 Å². The van der Waals surface area contributed by atoms with Crippen LogP contribution in [0.15, 0.2) is 72.8 Å². The Kier molecular flexibility index (Phi) is 11.4. The van der Waals surface area contributed by atoms with E-state index in [4.69, 9.17) is 4.74 Å². The third kappa shape index (κ3) is 8.76. The number of hydrogen-bond acceptors (Lipinski definition) is 5. The summed E-state index contributed by atoms with van der Waals surface area (Å²) in [5.41, 5.74) is 0.551. The molecule has 3 unspecified atom stereocenters. The molecule has 0 aromatic heterocycles. The van der Waals surface area contributed by atoms with Crippen LogP contribution in [0.3, 0.4) is 0 Å². The Balaban J connectivity index is 1.39. The molecule has 4 atom stereocenters. The van der Waals surface area contributed by atoms with Crippen molar-refractivity contribution in [3.05, 3.63) is 83.9 Å². The van der Waals surface area contributed by atoms with Gasteiger partial charge in [0.05, 0.1) is 17.5 Å². The summed E-state index contributed by atoms with van der Waals surface area (Å²) in [4.78, 5) is 60.5. The molecule has 2 N–H and O–H groups in total. The first-order chi connectivity index (χ1) is 23.8. The van der Waals surface area contributed by atoms with E-state index in [0.29, 0.717) is 51.9 Å². The Morgan fingerprint density at radius 3 is 2.20 bits per heavy atom. The average Bonchev–Trinajstić information content (AvgIpc) is 3.07. The van der Waals surface area contributed by atoms with Gasteiger partial charge in [-0.25, -0.2) is 9.59 Å². The Morgan fingerprint density at radius 1 is 0.880 bits per heavy atom. The topological polar surface area (TPSA) is 111 Å². The van der Waals surface area contributed by atoms with Crippen molar-refractivity contribution in [2.24, 2.45) is 5.41 Å². The minimum absolute atomic E-state index is 0.0534. The van der Waals surface area contributed by atoms with Crippen LogP contribution >= 0.6 is 0 Å². The summed E-state index contributed by atoms with van der Waals surface area (Å²) < 4.78 is 5.65. The lowest BCUT2D eigenvalue weighted by Crippen LogP contribution is -2.63. The highest BCUT2D eigenvalue weighted by molar-refractivity contribution is 5.90. The van der Waals surface area contributed by atoms with E-state index in [1.54, 1.807) is 14.7 Å². The van der Waals surface area contributed by atoms with Crippen molar-refractivity contribution in [3.63, 3.8) is 0 Å². The number of fused-ring (bicyclic) bond motifs is 1. The summed E-state index contributed by atoms with van der Waals surface area (Å²) in [6.45, 7) is 13.1. The van der Waals surface area contributed by atoms with Crippen LogP contribution in [0.2, 0.25) is 0 Å². The van der Waals surface area contributed by atoms with Crippen LogP contribution in [-0.2, 0) is 27.2 Å². The van der Waals surface area contributed by atoms with Gasteiger partial charge in [-0.15, -0.1) is 0 Å². The number of amides is 5. The predicted molar refractivity (Wildman–Crippen MR) is 196 cm³/mol. The van der Waals surface area contributed by atoms with E-state index in [2.05, 4.69) is 16.7 Å². The molecule has 50 heavy (non-hydrogen) atoms. The highest BCUT2D eigenvalue weighted by atomic mass is 16.6. The predicted octanol–water partition coefficient (Wildman–Crippen LogP) is 5.78. The number of rotatable bonds is 8. The van der Waals surface area contributed by atoms with Crippen LogP contribution in [0.1, 0.15) is 65.5 Å². The van der Waals surface area contributed by atoms with Gasteiger partial charge in [0, 0.05) is 39.1 Å². The minimum Gasteiger partial charge on any atom is -0.444 e. The van der Waals surface area contributed by atoms with Gasteiger partial charge in [-0.2, -0.15) is 0 Å². The lowest BCUT2D eigenvalue weighted by molar-refractivity contribution is -0.142. The zero-order valence-electron chi connectivity index (χ0n) is 30.4. The van der Waals surface area contributed by atoms with Crippen molar-refractivity contribution < 1.29 is 23.9 Å². The first-order valence-electron chi connectivity index (χ1n) is 17.9. The zero-order chi connectivity index (χ0) is 36.1. The van der Waals surface area contributed by atoms with Crippen LogP contribution < -0.4 is 10.6 Å². The van der Waals surface area contributed by atoms with Crippen molar-refractivity contribution in [2.45, 2.75) is 91.0 Å². The maximum Gasteiger partial charge on any atom is 0.410 e. The van der Waals surface area contributed by atoms with E-state index in [9.17, 15) is 19.2 Å². The molecule has 0 radical (unpaired) electrons. The number of urea groups is 1. The van der Waals surface area contributed by atoms with Crippen molar-refractivity contribution in [2.75, 3.05) is 32.7 Å². The van der Waals surface area contributed by atoms with Crippen molar-refractivity contribution in [3.8, 4) is 0 Å². The summed E-state index contributed by atoms with van der Waals surface area (Å²) in [5.74, 6) is -0.260. The fourth-order valence-electron chi connectivity index (χ4n) is 7.49. The van der Waals surface area contributed by atoms with Gasteiger partial charge in [0.25, 0.3) is 0 Å². The highest BCUT2D eigenvalue weighted by Crippen LogP contribution is 2.35. The molecule has 2 aliphatic heterocycles. The van der Waals surface area contributed by atoms with Gasteiger partial charge in [-0.3, -0.25) is 14.5 Å². The molecular formula is C40H53N5O5. The molecule has 10 heteroatoms. The lowest BCUT2D eigenvalue weighted by Gasteiger charge is -2.45. The van der Waals surface area contributed by atoms with Crippen LogP contribution in [0, 0.1) is 5.41 Å². The molecule has 2 saturated heterocycles. The molecule has 2 heterocycles. The third-order valence-corrected chi connectivity index (χ3v) is 9.75. The van der Waals surface area contributed by atoms with Gasteiger partial charge in [0.15, 0.2) is 0 Å². The van der Waals surface area contributed by atoms with Gasteiger partial charge in [0.2, 0.25) is 11.8 Å². The number of nitrogens with one attached hydrogen (secondary N) is 2. The van der Waals surface area contributed by atoms with Crippen LogP contribution in [0.5, 0.6) is 0 Å². The first-order valence-corrected chi connectivity index (χ1v) is 17.9. The third-order valence-electron chi connectivity index (χ3n) is 9.75. The Labute approximate surface area is 296 Å². The molecule has 2 fully saturated rings. The number of piperidine rings is 1. The van der Waals surface area contributed by atoms with Gasteiger partial charge < -0.3 is 25.2 Å². The zero-order valence-corrected chi connectivity index (χ0v) is 30.4. The lowest BCUT2D eigenvalue weighted by atomic mass is 9.74. The Bertz CT molecular complexity index is 1660. The minimum atomic E-state index is -0.861. The summed E-state index contributed by atoms with van der Waals surface area (Å²) in [6, 6.07) is 22.3. The fraction of sp³-hybridized carbons (Fsp3) is 0.500. The smallest absolute Gasteiger partial charge is 0.410 e. The normalized spacial score (nSPS) is 21.8. The number of likely N-dealkylation sites (tertiary alicyclic amines) is 1. The van der Waals surface area contributed by atoms with Gasteiger partial charge in [-0.1, -0.05) is 72.8 Å². The Hall–Kier alpha value is -4.60. The van der Waals surface area contributed by atoms with Crippen LogP contribution in [-0.4, -0.2) is 95.1 Å². The molecular weight excluding hydrogens is 630 g/mol. The standard InChI is InChI=1S/C40H53N5O5/c1-7-41-36(47)40(24-30-14-9-8-10-15-30)20-13-21-43(27-40)35(46)34(23-31-18-19-32-16-11-12-17-33(32)22-31)42-37(48)44-25-28(2)45(29(3)26-44)38(49)50-39(4,5)6/h8-12,14-19,22,28-29,34H,7,13,20-21,23-27H2,1-6H3,(H,41,47)(H,42,48)/t28?,29?,34?,40-/m0/s1. The van der Waals surface area contributed by atoms with E-state index in [0.717, 1.165) is 21.9 Å². The van der Waals surface area contributed by atoms with Crippen molar-refractivity contribution in [1.29, 1.82) is 0 Å². The second-order valence-corrected chi connectivity index (χ2v) is 15.0. The Morgan fingerprint density at radius 2 is 1.54 bits per heavy atom. The second kappa shape index (κ2) is 15.5. The molecule has 5 amide bonds. The van der Waals surface area contributed by atoms with Crippen LogP contribution in [0.4, 0.5) is 9.59 Å². The number of carbonyl (C=O) groups is 4. The molecule has 3 aromatic carbocycles. The van der Waals surface area contributed by atoms with E-state index < -0.39 is 23.2 Å². The van der Waals surface area contributed by atoms with E-state index in [1.807, 2.05) is 108 Å². The van der Waals surface area contributed by atoms with Gasteiger partial charge in [0.1, 0.15) is 11.6 Å². The number of ether oxygens (including phenoxy) is 1. The molecule has 3 aromatic rings. The number of piperazine rings is 1. The summed E-state index contributed by atoms with van der Waals surface area (Å²) in [5, 5.41) is 8.28. The molecule has 10 nitrogen and oxygen atoms in total. The SMILES string of the molecule is CCNC(=O)[C@]1(Cc2ccccc2)CCCN(C(=O)C(Cc2ccc3ccccc3c2)NC(=O)N2CC(C)N(C(=O)OC(C)(C)C)C(C)C2)C1. The number of nitrogens with zero attached hydrogens (tertiary/aromatic N) is 3. The largest absolute Gasteiger partial charge is 0.444 e. The molecule has 2 aliphatic rings.